The topological polar surface area (TPSA) is 67.9 Å². The van der Waals surface area contributed by atoms with Crippen LogP contribution in [0.2, 0.25) is 5.02 Å². The van der Waals surface area contributed by atoms with Crippen molar-refractivity contribution >= 4 is 17.5 Å². The smallest absolute Gasteiger partial charge is 0.225 e. The third kappa shape index (κ3) is 2.68. The van der Waals surface area contributed by atoms with Crippen molar-refractivity contribution in [3.8, 4) is 0 Å². The van der Waals surface area contributed by atoms with Crippen LogP contribution in [0.3, 0.4) is 0 Å². The molecular weight excluding hydrogens is 266 g/mol. The van der Waals surface area contributed by atoms with Gasteiger partial charge in [-0.2, -0.15) is 0 Å². The molecule has 1 unspecified atom stereocenters. The van der Waals surface area contributed by atoms with E-state index in [4.69, 9.17) is 16.0 Å². The predicted octanol–water partition coefficient (Wildman–Crippen LogP) is 2.21. The summed E-state index contributed by atoms with van der Waals surface area (Å²) in [5, 5.41) is 8.54. The number of aromatic nitrogens is 4. The average molecular weight is 280 g/mol. The van der Waals surface area contributed by atoms with E-state index in [9.17, 15) is 0 Å². The quantitative estimate of drug-likeness (QED) is 0.839. The van der Waals surface area contributed by atoms with E-state index in [-0.39, 0.29) is 5.92 Å². The van der Waals surface area contributed by atoms with Gasteiger partial charge >= 0.3 is 0 Å². The SMILES string of the molecule is Cc1nnc(C2CCCN(c3ncc(Cl)cn3)C2)o1. The fourth-order valence-corrected chi connectivity index (χ4v) is 2.40. The van der Waals surface area contributed by atoms with Gasteiger partial charge in [0, 0.05) is 20.0 Å². The van der Waals surface area contributed by atoms with Crippen molar-refractivity contribution in [2.75, 3.05) is 18.0 Å². The van der Waals surface area contributed by atoms with Crippen LogP contribution in [0.15, 0.2) is 16.8 Å². The summed E-state index contributed by atoms with van der Waals surface area (Å²) in [4.78, 5) is 10.6. The zero-order chi connectivity index (χ0) is 13.2. The highest BCUT2D eigenvalue weighted by molar-refractivity contribution is 6.30. The molecule has 19 heavy (non-hydrogen) atoms. The Morgan fingerprint density at radius 3 is 2.79 bits per heavy atom. The number of halogens is 1. The molecule has 0 saturated carbocycles. The summed E-state index contributed by atoms with van der Waals surface area (Å²) in [7, 11) is 0. The normalized spacial score (nSPS) is 19.7. The highest BCUT2D eigenvalue weighted by atomic mass is 35.5. The Morgan fingerprint density at radius 2 is 2.11 bits per heavy atom. The number of anilines is 1. The Morgan fingerprint density at radius 1 is 1.32 bits per heavy atom. The number of aryl methyl sites for hydroxylation is 1. The minimum atomic E-state index is 0.245. The summed E-state index contributed by atoms with van der Waals surface area (Å²) in [6, 6.07) is 0. The zero-order valence-electron chi connectivity index (χ0n) is 10.6. The maximum atomic E-state index is 5.80. The molecule has 1 aliphatic heterocycles. The summed E-state index contributed by atoms with van der Waals surface area (Å²) in [5.74, 6) is 2.26. The summed E-state index contributed by atoms with van der Waals surface area (Å²) in [6.07, 6.45) is 5.33. The molecule has 0 spiro atoms. The lowest BCUT2D eigenvalue weighted by Crippen LogP contribution is -2.35. The van der Waals surface area contributed by atoms with Crippen LogP contribution in [0.5, 0.6) is 0 Å². The molecule has 0 aromatic carbocycles. The predicted molar refractivity (Wildman–Crippen MR) is 70.3 cm³/mol. The van der Waals surface area contributed by atoms with Gasteiger partial charge in [-0.15, -0.1) is 10.2 Å². The third-order valence-electron chi connectivity index (χ3n) is 3.20. The molecule has 0 radical (unpaired) electrons. The first-order valence-corrected chi connectivity index (χ1v) is 6.62. The third-order valence-corrected chi connectivity index (χ3v) is 3.40. The molecule has 2 aromatic heterocycles. The van der Waals surface area contributed by atoms with Gasteiger partial charge in [-0.05, 0) is 12.8 Å². The zero-order valence-corrected chi connectivity index (χ0v) is 11.3. The van der Waals surface area contributed by atoms with Crippen molar-refractivity contribution in [2.45, 2.75) is 25.7 Å². The molecule has 0 bridgehead atoms. The molecule has 1 atom stereocenters. The van der Waals surface area contributed by atoms with Crippen molar-refractivity contribution in [3.63, 3.8) is 0 Å². The summed E-state index contributed by atoms with van der Waals surface area (Å²) in [5.41, 5.74) is 0. The van der Waals surface area contributed by atoms with Gasteiger partial charge in [0.1, 0.15) is 0 Å². The Balaban J connectivity index is 1.76. The van der Waals surface area contributed by atoms with Gasteiger partial charge in [-0.3, -0.25) is 0 Å². The van der Waals surface area contributed by atoms with Gasteiger partial charge in [0.2, 0.25) is 17.7 Å². The van der Waals surface area contributed by atoms with Gasteiger partial charge in [-0.25, -0.2) is 9.97 Å². The van der Waals surface area contributed by atoms with Crippen molar-refractivity contribution in [1.29, 1.82) is 0 Å². The van der Waals surface area contributed by atoms with Crippen LogP contribution in [-0.4, -0.2) is 33.3 Å². The summed E-state index contributed by atoms with van der Waals surface area (Å²) < 4.78 is 5.52. The molecule has 1 saturated heterocycles. The first-order valence-electron chi connectivity index (χ1n) is 6.25. The Bertz CT molecular complexity index is 556. The van der Waals surface area contributed by atoms with Crippen LogP contribution in [0.1, 0.15) is 30.5 Å². The molecule has 1 fully saturated rings. The van der Waals surface area contributed by atoms with Gasteiger partial charge in [0.25, 0.3) is 0 Å². The second-order valence-corrected chi connectivity index (χ2v) is 5.08. The minimum absolute atomic E-state index is 0.245. The maximum Gasteiger partial charge on any atom is 0.225 e. The molecule has 3 heterocycles. The molecule has 0 amide bonds. The van der Waals surface area contributed by atoms with E-state index in [0.717, 1.165) is 25.9 Å². The first kappa shape index (κ1) is 12.3. The summed E-state index contributed by atoms with van der Waals surface area (Å²) in [6.45, 7) is 3.54. The number of hydrogen-bond acceptors (Lipinski definition) is 6. The van der Waals surface area contributed by atoms with E-state index >= 15 is 0 Å². The first-order chi connectivity index (χ1) is 9.22. The highest BCUT2D eigenvalue weighted by Gasteiger charge is 2.26. The lowest BCUT2D eigenvalue weighted by atomic mass is 9.98. The second-order valence-electron chi connectivity index (χ2n) is 4.65. The Labute approximate surface area is 115 Å². The van der Waals surface area contributed by atoms with Gasteiger partial charge in [0.15, 0.2) is 0 Å². The van der Waals surface area contributed by atoms with Crippen molar-refractivity contribution < 1.29 is 4.42 Å². The second kappa shape index (κ2) is 5.13. The lowest BCUT2D eigenvalue weighted by molar-refractivity contribution is 0.386. The van der Waals surface area contributed by atoms with Crippen LogP contribution in [0.25, 0.3) is 0 Å². The molecule has 2 aromatic rings. The Kier molecular flexibility index (Phi) is 3.33. The fraction of sp³-hybridized carbons (Fsp3) is 0.500. The number of nitrogens with zero attached hydrogens (tertiary/aromatic N) is 5. The van der Waals surface area contributed by atoms with Crippen LogP contribution >= 0.6 is 11.6 Å². The van der Waals surface area contributed by atoms with Crippen molar-refractivity contribution in [3.05, 3.63) is 29.2 Å². The number of hydrogen-bond donors (Lipinski definition) is 0. The van der Waals surface area contributed by atoms with E-state index in [1.807, 2.05) is 0 Å². The number of piperidine rings is 1. The fourth-order valence-electron chi connectivity index (χ4n) is 2.31. The van der Waals surface area contributed by atoms with E-state index in [0.29, 0.717) is 22.8 Å². The van der Waals surface area contributed by atoms with Gasteiger partial charge in [-0.1, -0.05) is 11.6 Å². The van der Waals surface area contributed by atoms with Crippen molar-refractivity contribution in [1.82, 2.24) is 20.2 Å². The molecule has 0 N–H and O–H groups in total. The minimum Gasteiger partial charge on any atom is -0.425 e. The van der Waals surface area contributed by atoms with E-state index in [1.54, 1.807) is 19.3 Å². The van der Waals surface area contributed by atoms with E-state index < -0.39 is 0 Å². The maximum absolute atomic E-state index is 5.80. The van der Waals surface area contributed by atoms with Crippen molar-refractivity contribution in [2.24, 2.45) is 0 Å². The molecule has 6 nitrogen and oxygen atoms in total. The lowest BCUT2D eigenvalue weighted by Gasteiger charge is -2.30. The van der Waals surface area contributed by atoms with Gasteiger partial charge in [0.05, 0.1) is 23.3 Å². The van der Waals surface area contributed by atoms with Crippen LogP contribution in [0.4, 0.5) is 5.95 Å². The summed E-state index contributed by atoms with van der Waals surface area (Å²) >= 11 is 5.80. The average Bonchev–Trinajstić information content (AvgIpc) is 2.86. The number of rotatable bonds is 2. The van der Waals surface area contributed by atoms with Crippen LogP contribution in [-0.2, 0) is 0 Å². The molecule has 3 rings (SSSR count). The molecule has 100 valence electrons. The molecule has 7 heteroatoms. The Hall–Kier alpha value is -1.69. The van der Waals surface area contributed by atoms with Crippen LogP contribution in [0, 0.1) is 6.92 Å². The van der Waals surface area contributed by atoms with Crippen LogP contribution < -0.4 is 4.90 Å². The van der Waals surface area contributed by atoms with Gasteiger partial charge < -0.3 is 9.32 Å². The highest BCUT2D eigenvalue weighted by Crippen LogP contribution is 2.27. The van der Waals surface area contributed by atoms with E-state index in [1.165, 1.54) is 0 Å². The molecule has 0 aliphatic carbocycles. The largest absolute Gasteiger partial charge is 0.425 e. The monoisotopic (exact) mass is 279 g/mol. The van der Waals surface area contributed by atoms with E-state index in [2.05, 4.69) is 25.1 Å². The molecular formula is C12H14ClN5O. The standard InChI is InChI=1S/C12H14ClN5O/c1-8-16-17-11(19-8)9-3-2-4-18(7-9)12-14-5-10(13)6-15-12/h5-6,9H,2-4,7H2,1H3. The molecule has 1 aliphatic rings.